The van der Waals surface area contributed by atoms with Crippen molar-refractivity contribution in [3.63, 3.8) is 0 Å². The molecule has 0 atom stereocenters. The average molecular weight is 465 g/mol. The minimum Gasteiger partial charge on any atom is -0.496 e. The molecule has 4 aromatic heterocycles. The van der Waals surface area contributed by atoms with Crippen LogP contribution < -0.4 is 9.64 Å². The predicted molar refractivity (Wildman–Crippen MR) is 126 cm³/mol. The molecule has 1 saturated heterocycles. The lowest BCUT2D eigenvalue weighted by Gasteiger charge is -2.34. The molecular weight excluding hydrogens is 440 g/mol. The quantitative estimate of drug-likeness (QED) is 0.425. The van der Waals surface area contributed by atoms with Crippen molar-refractivity contribution in [1.29, 1.82) is 0 Å². The van der Waals surface area contributed by atoms with Crippen molar-refractivity contribution in [2.24, 2.45) is 0 Å². The Morgan fingerprint density at radius 3 is 2.48 bits per heavy atom. The zero-order valence-electron chi connectivity index (χ0n) is 18.7. The van der Waals surface area contributed by atoms with Crippen LogP contribution in [-0.2, 0) is 0 Å². The molecule has 0 radical (unpaired) electrons. The van der Waals surface area contributed by atoms with E-state index in [-0.39, 0.29) is 5.91 Å². The van der Waals surface area contributed by atoms with Crippen LogP contribution in [0.5, 0.6) is 5.75 Å². The first kappa shape index (κ1) is 21.3. The van der Waals surface area contributed by atoms with E-state index in [4.69, 9.17) is 23.5 Å². The summed E-state index contributed by atoms with van der Waals surface area (Å²) in [4.78, 5) is 27.2. The fourth-order valence-corrected chi connectivity index (χ4v) is 5.28. The van der Waals surface area contributed by atoms with Gasteiger partial charge in [-0.05, 0) is 38.1 Å². The minimum absolute atomic E-state index is 0.0812. The summed E-state index contributed by atoms with van der Waals surface area (Å²) in [5.74, 6) is 1.81. The Labute approximate surface area is 195 Å². The lowest BCUT2D eigenvalue weighted by atomic mass is 10.1. The molecule has 0 bridgehead atoms. The SMILES string of the molecule is COc1c(C)cnc(-c2sc(N3CCN(C(=O)c4ccco4)CC3)nc2-c2ccco2)c1C. The van der Waals surface area contributed by atoms with Crippen molar-refractivity contribution in [1.82, 2.24) is 14.9 Å². The average Bonchev–Trinajstić information content (AvgIpc) is 3.61. The second-order valence-electron chi connectivity index (χ2n) is 7.86. The molecule has 33 heavy (non-hydrogen) atoms. The number of carbonyl (C=O) groups excluding carboxylic acids is 1. The monoisotopic (exact) mass is 464 g/mol. The Morgan fingerprint density at radius 1 is 1.06 bits per heavy atom. The molecule has 5 heterocycles. The fourth-order valence-electron chi connectivity index (χ4n) is 4.10. The molecule has 0 saturated carbocycles. The highest BCUT2D eigenvalue weighted by Gasteiger charge is 2.28. The molecule has 170 valence electrons. The molecule has 0 spiro atoms. The maximum absolute atomic E-state index is 12.6. The van der Waals surface area contributed by atoms with Gasteiger partial charge in [-0.15, -0.1) is 0 Å². The van der Waals surface area contributed by atoms with Crippen molar-refractivity contribution in [2.45, 2.75) is 13.8 Å². The molecule has 4 aromatic rings. The van der Waals surface area contributed by atoms with E-state index in [1.165, 1.54) is 6.26 Å². The van der Waals surface area contributed by atoms with Crippen molar-refractivity contribution < 1.29 is 18.4 Å². The number of anilines is 1. The number of thiazole rings is 1. The summed E-state index contributed by atoms with van der Waals surface area (Å²) in [6.45, 7) is 6.55. The maximum Gasteiger partial charge on any atom is 0.289 e. The highest BCUT2D eigenvalue weighted by atomic mass is 32.1. The van der Waals surface area contributed by atoms with E-state index >= 15 is 0 Å². The number of amides is 1. The predicted octanol–water partition coefficient (Wildman–Crippen LogP) is 4.65. The summed E-state index contributed by atoms with van der Waals surface area (Å²) in [5, 5.41) is 0.877. The van der Waals surface area contributed by atoms with Gasteiger partial charge in [0.2, 0.25) is 0 Å². The van der Waals surface area contributed by atoms with Crippen LogP contribution in [0.4, 0.5) is 5.13 Å². The number of hydrogen-bond acceptors (Lipinski definition) is 8. The Kier molecular flexibility index (Phi) is 5.63. The number of rotatable bonds is 5. The smallest absolute Gasteiger partial charge is 0.289 e. The van der Waals surface area contributed by atoms with Gasteiger partial charge in [-0.2, -0.15) is 0 Å². The first-order valence-corrected chi connectivity index (χ1v) is 11.5. The number of nitrogens with zero attached hydrogens (tertiary/aromatic N) is 4. The number of piperazine rings is 1. The standard InChI is InChI=1S/C24H24N4O4S/c1-15-14-25-19(16(2)21(15)30-3)22-20(17-6-4-12-31-17)26-24(33-22)28-10-8-27(9-11-28)23(29)18-7-5-13-32-18/h4-7,12-14H,8-11H2,1-3H3. The van der Waals surface area contributed by atoms with Crippen LogP contribution in [0.25, 0.3) is 22.0 Å². The normalized spacial score (nSPS) is 14.0. The minimum atomic E-state index is -0.0812. The van der Waals surface area contributed by atoms with Crippen molar-refractivity contribution in [2.75, 3.05) is 38.2 Å². The fraction of sp³-hybridized carbons (Fsp3) is 0.292. The maximum atomic E-state index is 12.6. The number of ether oxygens (including phenoxy) is 1. The third-order valence-electron chi connectivity index (χ3n) is 5.80. The first-order valence-electron chi connectivity index (χ1n) is 10.7. The molecule has 1 fully saturated rings. The van der Waals surface area contributed by atoms with Crippen LogP contribution in [0.2, 0.25) is 0 Å². The molecular formula is C24H24N4O4S. The molecule has 1 aliphatic heterocycles. The lowest BCUT2D eigenvalue weighted by molar-refractivity contribution is 0.0714. The van der Waals surface area contributed by atoms with Gasteiger partial charge in [0.25, 0.3) is 5.91 Å². The van der Waals surface area contributed by atoms with Gasteiger partial charge in [0.05, 0.1) is 30.2 Å². The molecule has 5 rings (SSSR count). The molecule has 0 unspecified atom stereocenters. The molecule has 0 aromatic carbocycles. The third kappa shape index (κ3) is 3.89. The Balaban J connectivity index is 1.45. The van der Waals surface area contributed by atoms with Gasteiger partial charge in [0.1, 0.15) is 11.4 Å². The summed E-state index contributed by atoms with van der Waals surface area (Å²) < 4.78 is 16.6. The molecule has 1 amide bonds. The molecule has 1 aliphatic rings. The Hall–Kier alpha value is -3.59. The Bertz CT molecular complexity index is 1260. The van der Waals surface area contributed by atoms with Crippen LogP contribution in [0.15, 0.2) is 51.8 Å². The van der Waals surface area contributed by atoms with Crippen LogP contribution >= 0.6 is 11.3 Å². The van der Waals surface area contributed by atoms with E-state index in [0.717, 1.165) is 38.3 Å². The van der Waals surface area contributed by atoms with Crippen LogP contribution in [0.1, 0.15) is 21.7 Å². The highest BCUT2D eigenvalue weighted by Crippen LogP contribution is 2.43. The summed E-state index contributed by atoms with van der Waals surface area (Å²) >= 11 is 1.58. The van der Waals surface area contributed by atoms with E-state index in [2.05, 4.69) is 4.90 Å². The van der Waals surface area contributed by atoms with Crippen molar-refractivity contribution in [3.8, 4) is 27.8 Å². The highest BCUT2D eigenvalue weighted by molar-refractivity contribution is 7.19. The van der Waals surface area contributed by atoms with E-state index in [1.54, 1.807) is 36.8 Å². The zero-order valence-corrected chi connectivity index (χ0v) is 19.5. The third-order valence-corrected chi connectivity index (χ3v) is 6.92. The van der Waals surface area contributed by atoms with Gasteiger partial charge >= 0.3 is 0 Å². The number of furan rings is 2. The zero-order chi connectivity index (χ0) is 22.9. The van der Waals surface area contributed by atoms with Gasteiger partial charge in [-0.3, -0.25) is 9.78 Å². The van der Waals surface area contributed by atoms with Gasteiger partial charge < -0.3 is 23.4 Å². The van der Waals surface area contributed by atoms with Crippen LogP contribution in [-0.4, -0.2) is 54.1 Å². The summed E-state index contributed by atoms with van der Waals surface area (Å²) in [5.41, 5.74) is 3.55. The van der Waals surface area contributed by atoms with Crippen molar-refractivity contribution >= 4 is 22.4 Å². The lowest BCUT2D eigenvalue weighted by Crippen LogP contribution is -2.48. The molecule has 0 N–H and O–H groups in total. The summed E-state index contributed by atoms with van der Waals surface area (Å²) in [6, 6.07) is 7.19. The van der Waals surface area contributed by atoms with Gasteiger partial charge in [-0.1, -0.05) is 11.3 Å². The van der Waals surface area contributed by atoms with E-state index in [9.17, 15) is 4.79 Å². The number of aryl methyl sites for hydroxylation is 1. The number of hydrogen-bond donors (Lipinski definition) is 0. The van der Waals surface area contributed by atoms with E-state index in [0.29, 0.717) is 37.7 Å². The molecule has 8 nitrogen and oxygen atoms in total. The number of pyridine rings is 1. The van der Waals surface area contributed by atoms with E-state index < -0.39 is 0 Å². The number of aromatic nitrogens is 2. The van der Waals surface area contributed by atoms with Gasteiger partial charge in [-0.25, -0.2) is 4.98 Å². The molecule has 0 aliphatic carbocycles. The summed E-state index contributed by atoms with van der Waals surface area (Å²) in [7, 11) is 1.67. The largest absolute Gasteiger partial charge is 0.496 e. The first-order chi connectivity index (χ1) is 16.1. The molecule has 9 heteroatoms. The summed E-state index contributed by atoms with van der Waals surface area (Å²) in [6.07, 6.45) is 4.99. The Morgan fingerprint density at radius 2 is 1.82 bits per heavy atom. The van der Waals surface area contributed by atoms with Gasteiger partial charge in [0, 0.05) is 43.5 Å². The van der Waals surface area contributed by atoms with Crippen LogP contribution in [0.3, 0.4) is 0 Å². The van der Waals surface area contributed by atoms with Crippen molar-refractivity contribution in [3.05, 3.63) is 59.9 Å². The number of methoxy groups -OCH3 is 1. The van der Waals surface area contributed by atoms with Gasteiger partial charge in [0.15, 0.2) is 16.7 Å². The van der Waals surface area contributed by atoms with Crippen LogP contribution in [0, 0.1) is 13.8 Å². The van der Waals surface area contributed by atoms with E-state index in [1.807, 2.05) is 37.1 Å². The second-order valence-corrected chi connectivity index (χ2v) is 8.83. The number of carbonyl (C=O) groups is 1. The topological polar surface area (TPSA) is 84.8 Å². The second kappa shape index (κ2) is 8.74.